The summed E-state index contributed by atoms with van der Waals surface area (Å²) in [6, 6.07) is 0. The molecule has 1 rings (SSSR count). The van der Waals surface area contributed by atoms with Crippen molar-refractivity contribution in [2.24, 2.45) is 0 Å². The summed E-state index contributed by atoms with van der Waals surface area (Å²) >= 11 is 0. The fourth-order valence-electron chi connectivity index (χ4n) is 1.35. The Labute approximate surface area is 121 Å². The first-order valence-corrected chi connectivity index (χ1v) is 6.79. The molecule has 0 saturated carbocycles. The minimum Gasteiger partial charge on any atom is -0.444 e. The van der Waals surface area contributed by atoms with Gasteiger partial charge >= 0.3 is 6.09 Å². The lowest BCUT2D eigenvalue weighted by molar-refractivity contribution is -0.121. The number of carbonyl (C=O) groups is 2. The molecular formula is C13H28N4O3. The Bertz CT molecular complexity index is 285. The summed E-state index contributed by atoms with van der Waals surface area (Å²) in [4.78, 5) is 23.8. The smallest absolute Gasteiger partial charge is 0.414 e. The maximum Gasteiger partial charge on any atom is 0.414 e. The zero-order chi connectivity index (χ0) is 15.6. The number of carbonyl (C=O) groups excluding carboxylic acids is 2. The Kier molecular flexibility index (Phi) is 9.11. The van der Waals surface area contributed by atoms with Crippen molar-refractivity contribution in [1.29, 1.82) is 0 Å². The molecule has 0 aliphatic carbocycles. The predicted octanol–water partition coefficient (Wildman–Crippen LogP) is -0.221. The zero-order valence-electron chi connectivity index (χ0n) is 13.2. The van der Waals surface area contributed by atoms with Crippen molar-refractivity contribution in [3.8, 4) is 0 Å². The molecule has 0 aromatic heterocycles. The monoisotopic (exact) mass is 288 g/mol. The molecule has 0 aromatic carbocycles. The van der Waals surface area contributed by atoms with Crippen molar-refractivity contribution >= 4 is 12.0 Å². The molecule has 0 unspecified atom stereocenters. The molecule has 0 spiro atoms. The van der Waals surface area contributed by atoms with Crippen LogP contribution in [0.5, 0.6) is 0 Å². The third-order valence-corrected chi connectivity index (χ3v) is 2.06. The maximum atomic E-state index is 11.1. The van der Waals surface area contributed by atoms with E-state index >= 15 is 0 Å². The lowest BCUT2D eigenvalue weighted by Gasteiger charge is -2.19. The second-order valence-corrected chi connectivity index (χ2v) is 5.79. The molecule has 1 heterocycles. The van der Waals surface area contributed by atoms with Crippen molar-refractivity contribution in [2.75, 3.05) is 46.8 Å². The SMILES string of the molecule is C1CNCCN1.CN(C)CC(=O)NC(=O)OC(C)(C)C. The van der Waals surface area contributed by atoms with Gasteiger partial charge in [-0.05, 0) is 34.9 Å². The average Bonchev–Trinajstić information content (AvgIpc) is 2.27. The van der Waals surface area contributed by atoms with Gasteiger partial charge in [0.25, 0.3) is 0 Å². The summed E-state index contributed by atoms with van der Waals surface area (Å²) in [6.45, 7) is 9.94. The summed E-state index contributed by atoms with van der Waals surface area (Å²) in [5.74, 6) is -0.371. The normalized spacial score (nSPS) is 15.1. The molecule has 2 amide bonds. The quantitative estimate of drug-likeness (QED) is 0.651. The zero-order valence-corrected chi connectivity index (χ0v) is 13.2. The summed E-state index contributed by atoms with van der Waals surface area (Å²) in [7, 11) is 3.49. The van der Waals surface area contributed by atoms with E-state index in [4.69, 9.17) is 4.74 Å². The van der Waals surface area contributed by atoms with Crippen LogP contribution in [-0.2, 0) is 9.53 Å². The van der Waals surface area contributed by atoms with Crippen molar-refractivity contribution in [3.05, 3.63) is 0 Å². The molecule has 0 bridgehead atoms. The molecule has 1 aliphatic heterocycles. The fourth-order valence-corrected chi connectivity index (χ4v) is 1.35. The van der Waals surface area contributed by atoms with Crippen LogP contribution in [0.25, 0.3) is 0 Å². The van der Waals surface area contributed by atoms with E-state index in [1.54, 1.807) is 39.8 Å². The lowest BCUT2D eigenvalue weighted by atomic mass is 10.2. The van der Waals surface area contributed by atoms with Gasteiger partial charge < -0.3 is 20.3 Å². The first kappa shape index (κ1) is 18.8. The highest BCUT2D eigenvalue weighted by Gasteiger charge is 2.17. The third-order valence-electron chi connectivity index (χ3n) is 2.06. The van der Waals surface area contributed by atoms with E-state index < -0.39 is 11.7 Å². The Balaban J connectivity index is 0.000000493. The summed E-state index contributed by atoms with van der Waals surface area (Å²) in [5.41, 5.74) is -0.581. The van der Waals surface area contributed by atoms with Crippen LogP contribution >= 0.6 is 0 Å². The molecule has 118 valence electrons. The van der Waals surface area contributed by atoms with Gasteiger partial charge in [0.15, 0.2) is 0 Å². The van der Waals surface area contributed by atoms with Gasteiger partial charge in [-0.15, -0.1) is 0 Å². The molecule has 1 saturated heterocycles. The molecule has 0 aromatic rings. The van der Waals surface area contributed by atoms with E-state index in [1.165, 1.54) is 0 Å². The topological polar surface area (TPSA) is 82.7 Å². The van der Waals surface area contributed by atoms with E-state index in [-0.39, 0.29) is 12.5 Å². The minimum atomic E-state index is -0.704. The molecule has 7 nitrogen and oxygen atoms in total. The number of nitrogens with zero attached hydrogens (tertiary/aromatic N) is 1. The molecular weight excluding hydrogens is 260 g/mol. The Morgan fingerprint density at radius 2 is 1.55 bits per heavy atom. The van der Waals surface area contributed by atoms with E-state index in [0.717, 1.165) is 26.2 Å². The Hall–Kier alpha value is -1.18. The van der Waals surface area contributed by atoms with E-state index in [9.17, 15) is 9.59 Å². The Morgan fingerprint density at radius 1 is 1.10 bits per heavy atom. The van der Waals surface area contributed by atoms with Gasteiger partial charge in [0.05, 0.1) is 6.54 Å². The first-order valence-electron chi connectivity index (χ1n) is 6.79. The highest BCUT2D eigenvalue weighted by Crippen LogP contribution is 2.06. The highest BCUT2D eigenvalue weighted by atomic mass is 16.6. The maximum absolute atomic E-state index is 11.1. The number of alkyl carbamates (subject to hydrolysis) is 1. The standard InChI is InChI=1S/C9H18N2O3.C4H10N2/c1-9(2,3)14-8(13)10-7(12)6-11(4)5;1-2-6-4-3-5-1/h6H2,1-5H3,(H,10,12,13);5-6H,1-4H2. The number of piperazine rings is 1. The second kappa shape index (κ2) is 9.68. The van der Waals surface area contributed by atoms with E-state index in [2.05, 4.69) is 16.0 Å². The molecule has 1 fully saturated rings. The number of amides is 2. The number of likely N-dealkylation sites (N-methyl/N-ethyl adjacent to an activating group) is 1. The largest absolute Gasteiger partial charge is 0.444 e. The van der Waals surface area contributed by atoms with Gasteiger partial charge in [-0.3, -0.25) is 10.1 Å². The predicted molar refractivity (Wildman–Crippen MR) is 78.7 cm³/mol. The average molecular weight is 288 g/mol. The molecule has 20 heavy (non-hydrogen) atoms. The van der Waals surface area contributed by atoms with E-state index in [0.29, 0.717) is 0 Å². The van der Waals surface area contributed by atoms with Crippen molar-refractivity contribution < 1.29 is 14.3 Å². The van der Waals surface area contributed by atoms with Gasteiger partial charge in [0.1, 0.15) is 5.60 Å². The molecule has 0 radical (unpaired) electrons. The number of nitrogens with one attached hydrogen (secondary N) is 3. The molecule has 7 heteroatoms. The van der Waals surface area contributed by atoms with Gasteiger partial charge in [0.2, 0.25) is 5.91 Å². The summed E-state index contributed by atoms with van der Waals surface area (Å²) in [5, 5.41) is 8.57. The van der Waals surface area contributed by atoms with Crippen LogP contribution in [-0.4, -0.2) is 69.3 Å². The highest BCUT2D eigenvalue weighted by molar-refractivity contribution is 5.92. The van der Waals surface area contributed by atoms with Gasteiger partial charge in [-0.1, -0.05) is 0 Å². The number of imide groups is 1. The van der Waals surface area contributed by atoms with Crippen LogP contribution in [0.4, 0.5) is 4.79 Å². The van der Waals surface area contributed by atoms with Crippen LogP contribution < -0.4 is 16.0 Å². The van der Waals surface area contributed by atoms with Gasteiger partial charge in [0, 0.05) is 26.2 Å². The fraction of sp³-hybridized carbons (Fsp3) is 0.846. The van der Waals surface area contributed by atoms with Crippen molar-refractivity contribution in [1.82, 2.24) is 20.9 Å². The lowest BCUT2D eigenvalue weighted by Crippen LogP contribution is -2.40. The minimum absolute atomic E-state index is 0.166. The summed E-state index contributed by atoms with van der Waals surface area (Å²) in [6.07, 6.45) is -0.704. The molecule has 0 atom stereocenters. The number of hydrogen-bond acceptors (Lipinski definition) is 6. The second-order valence-electron chi connectivity index (χ2n) is 5.79. The van der Waals surface area contributed by atoms with Crippen LogP contribution in [0.15, 0.2) is 0 Å². The molecule has 1 aliphatic rings. The van der Waals surface area contributed by atoms with Crippen LogP contribution in [0.3, 0.4) is 0 Å². The number of rotatable bonds is 2. The van der Waals surface area contributed by atoms with E-state index in [1.807, 2.05) is 0 Å². The molecule has 3 N–H and O–H groups in total. The van der Waals surface area contributed by atoms with Crippen molar-refractivity contribution in [3.63, 3.8) is 0 Å². The number of hydrogen-bond donors (Lipinski definition) is 3. The van der Waals surface area contributed by atoms with Crippen molar-refractivity contribution in [2.45, 2.75) is 26.4 Å². The van der Waals surface area contributed by atoms with Crippen LogP contribution in [0.1, 0.15) is 20.8 Å². The van der Waals surface area contributed by atoms with Gasteiger partial charge in [-0.25, -0.2) is 4.79 Å². The third kappa shape index (κ3) is 13.3. The first-order chi connectivity index (χ1) is 9.20. The summed E-state index contributed by atoms with van der Waals surface area (Å²) < 4.78 is 4.90. The number of ether oxygens (including phenoxy) is 1. The van der Waals surface area contributed by atoms with Gasteiger partial charge in [-0.2, -0.15) is 0 Å². The Morgan fingerprint density at radius 3 is 1.85 bits per heavy atom. The van der Waals surface area contributed by atoms with Crippen LogP contribution in [0, 0.1) is 0 Å². The van der Waals surface area contributed by atoms with Crippen LogP contribution in [0.2, 0.25) is 0 Å².